The monoisotopic (exact) mass is 377 g/mol. The van der Waals surface area contributed by atoms with Gasteiger partial charge in [0.25, 0.3) is 0 Å². The number of hydrogen-bond acceptors (Lipinski definition) is 2. The smallest absolute Gasteiger partial charge is 0.0545 e. The van der Waals surface area contributed by atoms with Crippen LogP contribution in [0.2, 0.25) is 0 Å². The molecular formula is C24H27NOS. The summed E-state index contributed by atoms with van der Waals surface area (Å²) in [6, 6.07) is 31.2. The van der Waals surface area contributed by atoms with E-state index in [9.17, 15) is 4.21 Å². The quantitative estimate of drug-likeness (QED) is 0.569. The molecule has 0 aliphatic carbocycles. The van der Waals surface area contributed by atoms with E-state index in [4.69, 9.17) is 0 Å². The topological polar surface area (TPSA) is 29.1 Å². The molecule has 2 atom stereocenters. The van der Waals surface area contributed by atoms with Crippen molar-refractivity contribution in [1.82, 2.24) is 5.32 Å². The van der Waals surface area contributed by atoms with E-state index < -0.39 is 10.8 Å². The van der Waals surface area contributed by atoms with Crippen molar-refractivity contribution >= 4 is 10.8 Å². The minimum atomic E-state index is -0.962. The van der Waals surface area contributed by atoms with E-state index >= 15 is 0 Å². The lowest BCUT2D eigenvalue weighted by Gasteiger charge is -2.20. The molecule has 0 aromatic heterocycles. The van der Waals surface area contributed by atoms with E-state index in [1.807, 2.05) is 30.3 Å². The van der Waals surface area contributed by atoms with Crippen LogP contribution in [0.25, 0.3) is 0 Å². The Labute approximate surface area is 165 Å². The molecule has 27 heavy (non-hydrogen) atoms. The van der Waals surface area contributed by atoms with E-state index in [1.54, 1.807) is 0 Å². The van der Waals surface area contributed by atoms with Crippen molar-refractivity contribution in [3.63, 3.8) is 0 Å². The molecule has 140 valence electrons. The van der Waals surface area contributed by atoms with Crippen LogP contribution in [0.15, 0.2) is 95.9 Å². The fraction of sp³-hybridized carbons (Fsp3) is 0.250. The first-order chi connectivity index (χ1) is 13.2. The molecule has 3 aromatic rings. The maximum Gasteiger partial charge on any atom is 0.0545 e. The molecule has 0 radical (unpaired) electrons. The summed E-state index contributed by atoms with van der Waals surface area (Å²) in [6.07, 6.45) is 1.01. The maximum atomic E-state index is 12.5. The van der Waals surface area contributed by atoms with Gasteiger partial charge >= 0.3 is 0 Å². The second-order valence-electron chi connectivity index (χ2n) is 6.84. The first kappa shape index (κ1) is 19.5. The standard InChI is InChI=1S/C24H27NOS/c1-20(19-27(26)23-15-9-4-10-16-23)25-18-17-24(21-11-5-2-6-12-21)22-13-7-3-8-14-22/h2-16,20,24-25H,17-19H2,1H3/t20-,27+/m0/s1. The lowest BCUT2D eigenvalue weighted by atomic mass is 9.88. The molecular weight excluding hydrogens is 350 g/mol. The zero-order valence-electron chi connectivity index (χ0n) is 15.8. The van der Waals surface area contributed by atoms with Crippen molar-refractivity contribution in [3.05, 3.63) is 102 Å². The second-order valence-corrected chi connectivity index (χ2v) is 8.34. The molecule has 0 spiro atoms. The van der Waals surface area contributed by atoms with Gasteiger partial charge in [0.15, 0.2) is 0 Å². The highest BCUT2D eigenvalue weighted by molar-refractivity contribution is 7.85. The molecule has 0 unspecified atom stereocenters. The summed E-state index contributed by atoms with van der Waals surface area (Å²) >= 11 is 0. The van der Waals surface area contributed by atoms with Gasteiger partial charge in [-0.25, -0.2) is 0 Å². The van der Waals surface area contributed by atoms with Gasteiger partial charge in [0.1, 0.15) is 0 Å². The van der Waals surface area contributed by atoms with E-state index in [2.05, 4.69) is 72.9 Å². The molecule has 3 aromatic carbocycles. The van der Waals surface area contributed by atoms with Gasteiger partial charge in [0.2, 0.25) is 0 Å². The van der Waals surface area contributed by atoms with Crippen molar-refractivity contribution in [2.24, 2.45) is 0 Å². The Morgan fingerprint density at radius 1 is 0.778 bits per heavy atom. The largest absolute Gasteiger partial charge is 0.313 e. The first-order valence-corrected chi connectivity index (χ1v) is 10.8. The van der Waals surface area contributed by atoms with Crippen molar-refractivity contribution in [2.75, 3.05) is 12.3 Å². The van der Waals surface area contributed by atoms with Crippen LogP contribution >= 0.6 is 0 Å². The minimum Gasteiger partial charge on any atom is -0.313 e. The van der Waals surface area contributed by atoms with Gasteiger partial charge in [-0.1, -0.05) is 78.9 Å². The summed E-state index contributed by atoms with van der Waals surface area (Å²) in [5, 5.41) is 3.56. The molecule has 2 nitrogen and oxygen atoms in total. The average Bonchev–Trinajstić information content (AvgIpc) is 2.73. The predicted octanol–water partition coefficient (Wildman–Crippen LogP) is 4.99. The van der Waals surface area contributed by atoms with Crippen LogP contribution < -0.4 is 5.32 Å². The van der Waals surface area contributed by atoms with Crippen LogP contribution in [0.3, 0.4) is 0 Å². The summed E-state index contributed by atoms with van der Waals surface area (Å²) in [5.74, 6) is 0.998. The van der Waals surface area contributed by atoms with Gasteiger partial charge in [-0.2, -0.15) is 0 Å². The molecule has 0 fully saturated rings. The molecule has 0 amide bonds. The molecule has 0 aliphatic rings. The summed E-state index contributed by atoms with van der Waals surface area (Å²) in [4.78, 5) is 0.901. The Morgan fingerprint density at radius 3 is 1.78 bits per heavy atom. The van der Waals surface area contributed by atoms with E-state index in [1.165, 1.54) is 11.1 Å². The number of hydrogen-bond donors (Lipinski definition) is 1. The highest BCUT2D eigenvalue weighted by Crippen LogP contribution is 2.27. The van der Waals surface area contributed by atoms with E-state index in [0.29, 0.717) is 11.7 Å². The fourth-order valence-corrected chi connectivity index (χ4v) is 4.55. The Hall–Kier alpha value is -2.23. The van der Waals surface area contributed by atoms with Gasteiger partial charge in [-0.05, 0) is 43.1 Å². The minimum absolute atomic E-state index is 0.207. The number of rotatable bonds is 9. The van der Waals surface area contributed by atoms with E-state index in [-0.39, 0.29) is 6.04 Å². The van der Waals surface area contributed by atoms with Crippen LogP contribution in [-0.4, -0.2) is 22.5 Å². The van der Waals surface area contributed by atoms with Crippen LogP contribution in [0.4, 0.5) is 0 Å². The van der Waals surface area contributed by atoms with Gasteiger partial charge < -0.3 is 5.32 Å². The lowest BCUT2D eigenvalue weighted by Crippen LogP contribution is -2.32. The summed E-state index contributed by atoms with van der Waals surface area (Å²) in [5.41, 5.74) is 2.68. The molecule has 0 aliphatic heterocycles. The van der Waals surface area contributed by atoms with Crippen LogP contribution in [0.1, 0.15) is 30.4 Å². The zero-order valence-corrected chi connectivity index (χ0v) is 16.6. The van der Waals surface area contributed by atoms with Gasteiger partial charge in [-0.15, -0.1) is 0 Å². The molecule has 0 saturated carbocycles. The SMILES string of the molecule is C[C@@H](C[S@@](=O)c1ccccc1)NCCC(c1ccccc1)c1ccccc1. The molecule has 0 saturated heterocycles. The Kier molecular flexibility index (Phi) is 7.37. The van der Waals surface area contributed by atoms with Crippen LogP contribution in [0, 0.1) is 0 Å². The van der Waals surface area contributed by atoms with Gasteiger partial charge in [0.05, 0.1) is 10.8 Å². The Bertz CT molecular complexity index is 781. The normalized spacial score (nSPS) is 13.4. The van der Waals surface area contributed by atoms with Gasteiger partial charge in [0, 0.05) is 22.6 Å². The molecule has 0 bridgehead atoms. The number of benzene rings is 3. The Morgan fingerprint density at radius 2 is 1.26 bits per heavy atom. The predicted molar refractivity (Wildman–Crippen MR) is 115 cm³/mol. The number of nitrogens with one attached hydrogen (secondary N) is 1. The fourth-order valence-electron chi connectivity index (χ4n) is 3.33. The van der Waals surface area contributed by atoms with Crippen LogP contribution in [0.5, 0.6) is 0 Å². The lowest BCUT2D eigenvalue weighted by molar-refractivity contribution is 0.551. The van der Waals surface area contributed by atoms with Gasteiger partial charge in [-0.3, -0.25) is 4.21 Å². The third-order valence-corrected chi connectivity index (χ3v) is 6.34. The molecule has 1 N–H and O–H groups in total. The third-order valence-electron chi connectivity index (χ3n) is 4.74. The third kappa shape index (κ3) is 5.88. The molecule has 3 rings (SSSR count). The van der Waals surface area contributed by atoms with Crippen molar-refractivity contribution in [1.29, 1.82) is 0 Å². The summed E-state index contributed by atoms with van der Waals surface area (Å²) < 4.78 is 12.5. The first-order valence-electron chi connectivity index (χ1n) is 9.50. The summed E-state index contributed by atoms with van der Waals surface area (Å²) in [7, 11) is -0.962. The summed E-state index contributed by atoms with van der Waals surface area (Å²) in [6.45, 7) is 3.00. The average molecular weight is 378 g/mol. The highest BCUT2D eigenvalue weighted by atomic mass is 32.2. The maximum absolute atomic E-state index is 12.5. The van der Waals surface area contributed by atoms with Crippen molar-refractivity contribution in [3.8, 4) is 0 Å². The molecule has 3 heteroatoms. The second kappa shape index (κ2) is 10.2. The van der Waals surface area contributed by atoms with Crippen molar-refractivity contribution in [2.45, 2.75) is 30.2 Å². The van der Waals surface area contributed by atoms with Crippen molar-refractivity contribution < 1.29 is 4.21 Å². The van der Waals surface area contributed by atoms with Crippen LogP contribution in [-0.2, 0) is 10.8 Å². The zero-order chi connectivity index (χ0) is 18.9. The molecule has 0 heterocycles. The Balaban J connectivity index is 1.57. The highest BCUT2D eigenvalue weighted by Gasteiger charge is 2.15. The van der Waals surface area contributed by atoms with E-state index in [0.717, 1.165) is 17.9 Å².